The van der Waals surface area contributed by atoms with Crippen LogP contribution in [0.1, 0.15) is 5.01 Å². The molecule has 2 aromatic rings. The third-order valence-electron chi connectivity index (χ3n) is 1.18. The van der Waals surface area contributed by atoms with Gasteiger partial charge in [-0.05, 0) is 6.92 Å². The Morgan fingerprint density at radius 3 is 3.18 bits per heavy atom. The highest BCUT2D eigenvalue weighted by Crippen LogP contribution is 2.06. The summed E-state index contributed by atoms with van der Waals surface area (Å²) in [6.07, 6.45) is 1.14. The van der Waals surface area contributed by atoms with Crippen molar-refractivity contribution in [2.75, 3.05) is 0 Å². The van der Waals surface area contributed by atoms with Gasteiger partial charge in [-0.1, -0.05) is 11.3 Å². The van der Waals surface area contributed by atoms with Crippen molar-refractivity contribution in [1.82, 2.24) is 19.8 Å². The lowest BCUT2D eigenvalue weighted by atomic mass is 10.8. The lowest BCUT2D eigenvalue weighted by molar-refractivity contribution is 0.841. The predicted molar refractivity (Wildman–Crippen MR) is 39.7 cm³/mol. The van der Waals surface area contributed by atoms with E-state index in [0.717, 1.165) is 11.2 Å². The fourth-order valence-corrected chi connectivity index (χ4v) is 1.46. The Balaban J connectivity index is 3.02. The minimum absolute atomic E-state index is 0.237. The summed E-state index contributed by atoms with van der Waals surface area (Å²) in [5.74, 6) is 0. The molecule has 0 unspecified atom stereocenters. The molecule has 56 valence electrons. The van der Waals surface area contributed by atoms with Crippen LogP contribution in [0.4, 0.5) is 0 Å². The first-order valence-corrected chi connectivity index (χ1v) is 3.77. The van der Waals surface area contributed by atoms with E-state index in [4.69, 9.17) is 0 Å². The van der Waals surface area contributed by atoms with Crippen LogP contribution in [0, 0.1) is 6.92 Å². The molecule has 0 aromatic carbocycles. The smallest absolute Gasteiger partial charge is 0.265 e. The summed E-state index contributed by atoms with van der Waals surface area (Å²) < 4.78 is 1.24. The zero-order chi connectivity index (χ0) is 7.84. The van der Waals surface area contributed by atoms with Gasteiger partial charge in [0.1, 0.15) is 11.2 Å². The van der Waals surface area contributed by atoms with Gasteiger partial charge in [0.05, 0.1) is 0 Å². The molecule has 0 radical (unpaired) electrons. The third kappa shape index (κ3) is 0.911. The van der Waals surface area contributed by atoms with Crippen LogP contribution in [-0.4, -0.2) is 19.8 Å². The van der Waals surface area contributed by atoms with Gasteiger partial charge >= 0.3 is 0 Å². The summed E-state index contributed by atoms with van der Waals surface area (Å²) in [6.45, 7) is 1.82. The van der Waals surface area contributed by atoms with E-state index in [0.29, 0.717) is 4.96 Å². The minimum atomic E-state index is -0.237. The van der Waals surface area contributed by atoms with E-state index < -0.39 is 0 Å². The van der Waals surface area contributed by atoms with Crippen LogP contribution in [0.5, 0.6) is 0 Å². The van der Waals surface area contributed by atoms with Crippen molar-refractivity contribution in [3.63, 3.8) is 0 Å². The van der Waals surface area contributed by atoms with Gasteiger partial charge in [-0.15, -0.1) is 5.10 Å². The molecule has 5 nitrogen and oxygen atoms in total. The number of hydrogen-bond acceptors (Lipinski definition) is 5. The van der Waals surface area contributed by atoms with Gasteiger partial charge in [-0.25, -0.2) is 0 Å². The number of nitrogens with zero attached hydrogens (tertiary/aromatic N) is 4. The van der Waals surface area contributed by atoms with Crippen LogP contribution in [0.3, 0.4) is 0 Å². The van der Waals surface area contributed by atoms with E-state index in [-0.39, 0.29) is 5.56 Å². The van der Waals surface area contributed by atoms with E-state index in [2.05, 4.69) is 15.3 Å². The number of rotatable bonds is 0. The number of aryl methyl sites for hydroxylation is 1. The summed E-state index contributed by atoms with van der Waals surface area (Å²) in [4.78, 5) is 11.5. The lowest BCUT2D eigenvalue weighted by Gasteiger charge is -1.82. The van der Waals surface area contributed by atoms with Gasteiger partial charge in [0.15, 0.2) is 0 Å². The van der Waals surface area contributed by atoms with E-state index in [1.807, 2.05) is 6.92 Å². The van der Waals surface area contributed by atoms with Crippen molar-refractivity contribution < 1.29 is 0 Å². The van der Waals surface area contributed by atoms with Crippen molar-refractivity contribution >= 4 is 16.3 Å². The normalized spacial score (nSPS) is 10.6. The van der Waals surface area contributed by atoms with Gasteiger partial charge in [-0.2, -0.15) is 14.7 Å². The molecule has 0 N–H and O–H groups in total. The highest BCUT2D eigenvalue weighted by atomic mass is 32.1. The minimum Gasteiger partial charge on any atom is -0.265 e. The van der Waals surface area contributed by atoms with Crippen molar-refractivity contribution in [1.29, 1.82) is 0 Å². The van der Waals surface area contributed by atoms with Crippen LogP contribution < -0.4 is 5.56 Å². The van der Waals surface area contributed by atoms with Crippen LogP contribution >= 0.6 is 11.3 Å². The topological polar surface area (TPSA) is 60.2 Å². The first-order valence-electron chi connectivity index (χ1n) is 2.95. The van der Waals surface area contributed by atoms with Crippen LogP contribution in [0.15, 0.2) is 11.0 Å². The largest absolute Gasteiger partial charge is 0.293 e. The lowest BCUT2D eigenvalue weighted by Crippen LogP contribution is -2.14. The number of aromatic nitrogens is 4. The summed E-state index contributed by atoms with van der Waals surface area (Å²) in [6, 6.07) is 0. The fourth-order valence-electron chi connectivity index (χ4n) is 0.768. The Morgan fingerprint density at radius 2 is 2.45 bits per heavy atom. The number of hydrogen-bond donors (Lipinski definition) is 0. The highest BCUT2D eigenvalue weighted by molar-refractivity contribution is 7.16. The molecule has 2 aromatic heterocycles. The maximum absolute atomic E-state index is 11.0. The maximum Gasteiger partial charge on any atom is 0.293 e. The molecule has 0 atom stereocenters. The van der Waals surface area contributed by atoms with Gasteiger partial charge in [0.25, 0.3) is 5.56 Å². The molecule has 11 heavy (non-hydrogen) atoms. The van der Waals surface area contributed by atoms with Crippen LogP contribution in [0.25, 0.3) is 4.96 Å². The van der Waals surface area contributed by atoms with E-state index in [1.165, 1.54) is 15.9 Å². The van der Waals surface area contributed by atoms with Crippen molar-refractivity contribution in [3.05, 3.63) is 21.6 Å². The maximum atomic E-state index is 11.0. The molecule has 0 aliphatic carbocycles. The van der Waals surface area contributed by atoms with Gasteiger partial charge in [-0.3, -0.25) is 4.79 Å². The zero-order valence-electron chi connectivity index (χ0n) is 5.68. The van der Waals surface area contributed by atoms with Crippen molar-refractivity contribution in [2.24, 2.45) is 0 Å². The zero-order valence-corrected chi connectivity index (χ0v) is 6.50. The van der Waals surface area contributed by atoms with Crippen molar-refractivity contribution in [3.8, 4) is 0 Å². The Kier molecular flexibility index (Phi) is 1.22. The predicted octanol–water partition coefficient (Wildman–Crippen LogP) is -0.146. The first kappa shape index (κ1) is 6.41. The van der Waals surface area contributed by atoms with Gasteiger partial charge < -0.3 is 0 Å². The second-order valence-corrected chi connectivity index (χ2v) is 3.16. The molecule has 0 aliphatic rings. The number of fused-ring (bicyclic) bond motifs is 1. The fraction of sp³-hybridized carbons (Fsp3) is 0.200. The Bertz CT molecular complexity index is 445. The summed E-state index contributed by atoms with van der Waals surface area (Å²) in [5.41, 5.74) is -0.237. The molecule has 0 saturated carbocycles. The highest BCUT2D eigenvalue weighted by Gasteiger charge is 2.01. The SMILES string of the molecule is Cc1nn2c(=O)cnnc2s1. The second-order valence-electron chi connectivity index (χ2n) is 2.00. The quantitative estimate of drug-likeness (QED) is 0.549. The average Bonchev–Trinajstić information content (AvgIpc) is 2.31. The monoisotopic (exact) mass is 168 g/mol. The second kappa shape index (κ2) is 2.09. The summed E-state index contributed by atoms with van der Waals surface area (Å²) in [7, 11) is 0. The van der Waals surface area contributed by atoms with E-state index >= 15 is 0 Å². The third-order valence-corrected chi connectivity index (χ3v) is 2.00. The Hall–Kier alpha value is -1.30. The molecule has 2 rings (SSSR count). The van der Waals surface area contributed by atoms with Crippen molar-refractivity contribution in [2.45, 2.75) is 6.92 Å². The summed E-state index contributed by atoms with van der Waals surface area (Å²) >= 11 is 1.34. The molecule has 0 amide bonds. The molecule has 2 heterocycles. The average molecular weight is 168 g/mol. The Labute approximate surface area is 65.3 Å². The van der Waals surface area contributed by atoms with E-state index in [1.54, 1.807) is 0 Å². The molecule has 0 saturated heterocycles. The molecular weight excluding hydrogens is 164 g/mol. The molecule has 0 aliphatic heterocycles. The standard InChI is InChI=1S/C5H4N4OS/c1-3-8-9-4(10)2-6-7-5(9)11-3/h2H,1H3. The van der Waals surface area contributed by atoms with Crippen LogP contribution in [0.2, 0.25) is 0 Å². The summed E-state index contributed by atoms with van der Waals surface area (Å²) in [5, 5.41) is 12.0. The molecule has 0 fully saturated rings. The van der Waals surface area contributed by atoms with Gasteiger partial charge in [0.2, 0.25) is 4.96 Å². The molecular formula is C5H4N4OS. The van der Waals surface area contributed by atoms with E-state index in [9.17, 15) is 4.79 Å². The van der Waals surface area contributed by atoms with Crippen LogP contribution in [-0.2, 0) is 0 Å². The molecule has 0 spiro atoms. The first-order chi connectivity index (χ1) is 5.27. The van der Waals surface area contributed by atoms with Gasteiger partial charge in [0, 0.05) is 0 Å². The molecule has 0 bridgehead atoms. The Morgan fingerprint density at radius 1 is 1.64 bits per heavy atom. The molecule has 6 heteroatoms.